The maximum absolute atomic E-state index is 13.2. The quantitative estimate of drug-likeness (QED) is 0.527. The first-order valence-corrected chi connectivity index (χ1v) is 11.0. The van der Waals surface area contributed by atoms with Crippen LogP contribution in [0.15, 0.2) is 53.4 Å². The zero-order chi connectivity index (χ0) is 20.6. The van der Waals surface area contributed by atoms with E-state index in [9.17, 15) is 23.3 Å². The molecule has 2 aliphatic carbocycles. The van der Waals surface area contributed by atoms with Crippen LogP contribution in [0, 0.1) is 10.1 Å². The normalized spacial score (nSPS) is 16.6. The summed E-state index contributed by atoms with van der Waals surface area (Å²) >= 11 is 0. The number of carbonyl (C=O) groups excluding carboxylic acids is 1. The van der Waals surface area contributed by atoms with E-state index in [1.54, 1.807) is 24.3 Å². The minimum atomic E-state index is -4.03. The van der Waals surface area contributed by atoms with Crippen LogP contribution >= 0.6 is 0 Å². The molecule has 1 N–H and O–H groups in total. The van der Waals surface area contributed by atoms with E-state index in [-0.39, 0.29) is 29.4 Å². The van der Waals surface area contributed by atoms with Crippen molar-refractivity contribution in [1.29, 1.82) is 0 Å². The van der Waals surface area contributed by atoms with Gasteiger partial charge in [-0.1, -0.05) is 24.3 Å². The summed E-state index contributed by atoms with van der Waals surface area (Å²) in [6.07, 6.45) is 3.46. The van der Waals surface area contributed by atoms with Gasteiger partial charge in [-0.3, -0.25) is 14.9 Å². The molecule has 0 aromatic heterocycles. The SMILES string of the molecule is O=C(NC1CC1)c1ccc(CN(C2CC2)S(=O)(=O)c2ccccc2[N+](=O)[O-])cc1. The van der Waals surface area contributed by atoms with E-state index in [0.717, 1.165) is 31.2 Å². The molecule has 0 spiro atoms. The van der Waals surface area contributed by atoms with Crippen LogP contribution in [0.2, 0.25) is 0 Å². The molecule has 0 unspecified atom stereocenters. The average molecular weight is 415 g/mol. The van der Waals surface area contributed by atoms with Gasteiger partial charge in [0, 0.05) is 30.3 Å². The van der Waals surface area contributed by atoms with Gasteiger partial charge in [-0.25, -0.2) is 8.42 Å². The molecule has 1 amide bonds. The number of hydrogen-bond donors (Lipinski definition) is 1. The van der Waals surface area contributed by atoms with Crippen molar-refractivity contribution in [2.24, 2.45) is 0 Å². The van der Waals surface area contributed by atoms with E-state index in [1.165, 1.54) is 28.6 Å². The Morgan fingerprint density at radius 1 is 1.07 bits per heavy atom. The summed E-state index contributed by atoms with van der Waals surface area (Å²) in [6, 6.07) is 12.3. The molecule has 2 aliphatic rings. The van der Waals surface area contributed by atoms with Crippen molar-refractivity contribution >= 4 is 21.6 Å². The van der Waals surface area contributed by atoms with E-state index in [4.69, 9.17) is 0 Å². The maximum Gasteiger partial charge on any atom is 0.289 e. The molecule has 0 atom stereocenters. The van der Waals surface area contributed by atoms with E-state index in [1.807, 2.05) is 0 Å². The molecule has 2 aromatic rings. The molecule has 2 aromatic carbocycles. The highest BCUT2D eigenvalue weighted by Gasteiger charge is 2.40. The van der Waals surface area contributed by atoms with Crippen LogP contribution in [0.5, 0.6) is 0 Å². The molecular weight excluding hydrogens is 394 g/mol. The lowest BCUT2D eigenvalue weighted by atomic mass is 10.1. The molecule has 4 rings (SSSR count). The Labute approximate surface area is 168 Å². The van der Waals surface area contributed by atoms with Gasteiger partial charge in [0.25, 0.3) is 11.6 Å². The van der Waals surface area contributed by atoms with Gasteiger partial charge in [0.15, 0.2) is 4.90 Å². The molecule has 29 heavy (non-hydrogen) atoms. The molecule has 152 valence electrons. The molecule has 0 radical (unpaired) electrons. The fourth-order valence-electron chi connectivity index (χ4n) is 3.16. The largest absolute Gasteiger partial charge is 0.349 e. The molecule has 0 heterocycles. The predicted molar refractivity (Wildman–Crippen MR) is 106 cm³/mol. The van der Waals surface area contributed by atoms with Crippen molar-refractivity contribution in [1.82, 2.24) is 9.62 Å². The summed E-state index contributed by atoms with van der Waals surface area (Å²) < 4.78 is 27.7. The van der Waals surface area contributed by atoms with Crippen LogP contribution < -0.4 is 5.32 Å². The number of benzene rings is 2. The highest BCUT2D eigenvalue weighted by atomic mass is 32.2. The van der Waals surface area contributed by atoms with E-state index < -0.39 is 20.6 Å². The Bertz CT molecular complexity index is 1040. The Morgan fingerprint density at radius 2 is 1.72 bits per heavy atom. The smallest absolute Gasteiger partial charge is 0.289 e. The first-order valence-electron chi connectivity index (χ1n) is 9.51. The fraction of sp³-hybridized carbons (Fsp3) is 0.350. The molecule has 0 aliphatic heterocycles. The van der Waals surface area contributed by atoms with E-state index in [0.29, 0.717) is 5.56 Å². The molecule has 2 saturated carbocycles. The third-order valence-corrected chi connectivity index (χ3v) is 7.02. The van der Waals surface area contributed by atoms with Crippen LogP contribution in [0.4, 0.5) is 5.69 Å². The summed E-state index contributed by atoms with van der Waals surface area (Å²) in [5.74, 6) is -0.134. The second-order valence-electron chi connectivity index (χ2n) is 7.45. The maximum atomic E-state index is 13.2. The Balaban J connectivity index is 1.57. The van der Waals surface area contributed by atoms with Crippen LogP contribution in [0.3, 0.4) is 0 Å². The average Bonchev–Trinajstić information content (AvgIpc) is 3.61. The first kappa shape index (κ1) is 19.5. The molecule has 0 saturated heterocycles. The Kier molecular flexibility index (Phi) is 5.10. The monoisotopic (exact) mass is 415 g/mol. The van der Waals surface area contributed by atoms with Crippen LogP contribution in [0.1, 0.15) is 41.6 Å². The van der Waals surface area contributed by atoms with Gasteiger partial charge in [0.2, 0.25) is 10.0 Å². The summed E-state index contributed by atoms with van der Waals surface area (Å²) in [6.45, 7) is 0.101. The Hall–Kier alpha value is -2.78. The van der Waals surface area contributed by atoms with Crippen molar-refractivity contribution < 1.29 is 18.1 Å². The third kappa shape index (κ3) is 4.30. The fourth-order valence-corrected chi connectivity index (χ4v) is 5.00. The zero-order valence-corrected chi connectivity index (χ0v) is 16.5. The van der Waals surface area contributed by atoms with Gasteiger partial charge in [0.1, 0.15) is 0 Å². The van der Waals surface area contributed by atoms with Gasteiger partial charge >= 0.3 is 0 Å². The number of nitro groups is 1. The zero-order valence-electron chi connectivity index (χ0n) is 15.7. The van der Waals surface area contributed by atoms with Crippen molar-refractivity contribution in [2.75, 3.05) is 0 Å². The summed E-state index contributed by atoms with van der Waals surface area (Å²) in [7, 11) is -4.03. The number of nitrogens with one attached hydrogen (secondary N) is 1. The van der Waals surface area contributed by atoms with E-state index >= 15 is 0 Å². The number of rotatable bonds is 8. The number of hydrogen-bond acceptors (Lipinski definition) is 5. The van der Waals surface area contributed by atoms with Gasteiger partial charge in [0.05, 0.1) is 4.92 Å². The summed E-state index contributed by atoms with van der Waals surface area (Å²) in [5, 5.41) is 14.2. The lowest BCUT2D eigenvalue weighted by Gasteiger charge is -2.22. The second-order valence-corrected chi connectivity index (χ2v) is 9.31. The molecule has 2 fully saturated rings. The van der Waals surface area contributed by atoms with Crippen molar-refractivity contribution in [2.45, 2.75) is 49.2 Å². The number of nitrogens with zero attached hydrogens (tertiary/aromatic N) is 2. The van der Waals surface area contributed by atoms with Gasteiger partial charge in [-0.15, -0.1) is 0 Å². The van der Waals surface area contributed by atoms with Gasteiger partial charge < -0.3 is 5.32 Å². The van der Waals surface area contributed by atoms with Crippen molar-refractivity contribution in [3.05, 3.63) is 69.8 Å². The summed E-state index contributed by atoms with van der Waals surface area (Å²) in [5.41, 5.74) is 0.826. The number of amides is 1. The van der Waals surface area contributed by atoms with E-state index in [2.05, 4.69) is 5.32 Å². The number of nitro benzene ring substituents is 1. The van der Waals surface area contributed by atoms with Crippen LogP contribution in [-0.2, 0) is 16.6 Å². The number of carbonyl (C=O) groups is 1. The second kappa shape index (κ2) is 7.57. The summed E-state index contributed by atoms with van der Waals surface area (Å²) in [4.78, 5) is 22.4. The highest BCUT2D eigenvalue weighted by Crippen LogP contribution is 2.36. The number of sulfonamides is 1. The molecule has 9 heteroatoms. The van der Waals surface area contributed by atoms with Crippen LogP contribution in [-0.4, -0.2) is 35.6 Å². The number of para-hydroxylation sites is 1. The van der Waals surface area contributed by atoms with Gasteiger partial charge in [-0.2, -0.15) is 4.31 Å². The predicted octanol–water partition coefficient (Wildman–Crippen LogP) is 2.84. The van der Waals surface area contributed by atoms with Gasteiger partial charge in [-0.05, 0) is 49.4 Å². The Morgan fingerprint density at radius 3 is 2.31 bits per heavy atom. The standard InChI is InChI=1S/C20H21N3O5S/c24-20(21-16-9-10-16)15-7-5-14(6-8-15)13-22(17-11-12-17)29(27,28)19-4-2-1-3-18(19)23(25)26/h1-8,16-17H,9-13H2,(H,21,24). The topological polar surface area (TPSA) is 110 Å². The van der Waals surface area contributed by atoms with Crippen LogP contribution in [0.25, 0.3) is 0 Å². The highest BCUT2D eigenvalue weighted by molar-refractivity contribution is 7.89. The minimum Gasteiger partial charge on any atom is -0.349 e. The van der Waals surface area contributed by atoms with Crippen molar-refractivity contribution in [3.63, 3.8) is 0 Å². The third-order valence-electron chi connectivity index (χ3n) is 5.07. The minimum absolute atomic E-state index is 0.101. The lowest BCUT2D eigenvalue weighted by molar-refractivity contribution is -0.387. The lowest BCUT2D eigenvalue weighted by Crippen LogP contribution is -2.33. The first-order chi connectivity index (χ1) is 13.9. The molecular formula is C20H21N3O5S. The van der Waals surface area contributed by atoms with Crippen molar-refractivity contribution in [3.8, 4) is 0 Å². The molecule has 8 nitrogen and oxygen atoms in total. The molecule has 0 bridgehead atoms.